The zero-order valence-electron chi connectivity index (χ0n) is 26.7. The van der Waals surface area contributed by atoms with Crippen molar-refractivity contribution in [1.82, 2.24) is 4.31 Å². The van der Waals surface area contributed by atoms with Crippen LogP contribution in [0.3, 0.4) is 0 Å². The number of para-hydroxylation sites is 1. The number of anilines is 1. The summed E-state index contributed by atoms with van der Waals surface area (Å²) in [6.07, 6.45) is 5.88. The number of carbonyl (C=O) groups is 2. The van der Waals surface area contributed by atoms with Crippen LogP contribution in [0, 0.1) is 6.92 Å². The molecule has 2 N–H and O–H groups in total. The van der Waals surface area contributed by atoms with Gasteiger partial charge in [-0.3, -0.25) is 4.79 Å². The molecule has 48 heavy (non-hydrogen) atoms. The highest BCUT2D eigenvalue weighted by atomic mass is 32.2. The number of hydrogen-bond donors (Lipinski definition) is 2. The number of aryl methyl sites for hydroxylation is 1. The maximum Gasteiger partial charge on any atom is 0.339 e. The van der Waals surface area contributed by atoms with Crippen molar-refractivity contribution >= 4 is 27.6 Å². The highest BCUT2D eigenvalue weighted by molar-refractivity contribution is 7.89. The molecule has 1 aliphatic carbocycles. The van der Waals surface area contributed by atoms with Crippen LogP contribution in [0.1, 0.15) is 70.6 Å². The number of phenols is 1. The zero-order valence-corrected chi connectivity index (χ0v) is 27.5. The normalized spacial score (nSPS) is 13.7. The molecular formula is C37H39FN2O7S. The lowest BCUT2D eigenvalue weighted by Gasteiger charge is -2.28. The second-order valence-electron chi connectivity index (χ2n) is 12.0. The maximum absolute atomic E-state index is 14.3. The van der Waals surface area contributed by atoms with Crippen LogP contribution in [0.25, 0.3) is 0 Å². The lowest BCUT2D eigenvalue weighted by molar-refractivity contribution is -0.119. The third kappa shape index (κ3) is 8.21. The molecule has 0 aromatic heterocycles. The first kappa shape index (κ1) is 34.6. The quantitative estimate of drug-likeness (QED) is 0.154. The van der Waals surface area contributed by atoms with E-state index in [4.69, 9.17) is 4.74 Å². The third-order valence-corrected chi connectivity index (χ3v) is 10.5. The number of ether oxygens (including phenoxy) is 1. The first-order valence-corrected chi connectivity index (χ1v) is 17.3. The lowest BCUT2D eigenvalue weighted by Crippen LogP contribution is -2.42. The molecule has 0 radical (unpaired) electrons. The highest BCUT2D eigenvalue weighted by Crippen LogP contribution is 2.33. The number of nitrogens with zero attached hydrogens (tertiary/aromatic N) is 2. The molecule has 5 rings (SSSR count). The third-order valence-electron chi connectivity index (χ3n) is 8.72. The molecule has 0 atom stereocenters. The number of carboxylic acid groups (broad SMARTS) is 1. The van der Waals surface area contributed by atoms with E-state index in [1.54, 1.807) is 30.3 Å². The molecule has 252 valence electrons. The molecule has 0 bridgehead atoms. The van der Waals surface area contributed by atoms with E-state index in [9.17, 15) is 32.6 Å². The number of hydrogen-bond acceptors (Lipinski definition) is 6. The minimum Gasteiger partial charge on any atom is -0.507 e. The van der Waals surface area contributed by atoms with Crippen molar-refractivity contribution in [3.05, 3.63) is 119 Å². The van der Waals surface area contributed by atoms with E-state index < -0.39 is 41.1 Å². The number of sulfonamides is 1. The monoisotopic (exact) mass is 674 g/mol. The van der Waals surface area contributed by atoms with Gasteiger partial charge in [0.2, 0.25) is 22.8 Å². The van der Waals surface area contributed by atoms with Crippen LogP contribution in [-0.2, 0) is 27.9 Å². The summed E-state index contributed by atoms with van der Waals surface area (Å²) in [6, 6.07) is 24.4. The van der Waals surface area contributed by atoms with Crippen LogP contribution in [0.15, 0.2) is 95.9 Å². The number of carbonyl (C=O) groups excluding carboxylic acids is 1. The first-order valence-electron chi connectivity index (χ1n) is 15.9. The van der Waals surface area contributed by atoms with E-state index in [-0.39, 0.29) is 35.0 Å². The van der Waals surface area contributed by atoms with Gasteiger partial charge in [-0.05, 0) is 67.1 Å². The molecule has 0 spiro atoms. The van der Waals surface area contributed by atoms with E-state index in [1.165, 1.54) is 66.1 Å². The number of benzene rings is 4. The van der Waals surface area contributed by atoms with Crippen molar-refractivity contribution in [2.75, 3.05) is 18.3 Å². The van der Waals surface area contributed by atoms with Gasteiger partial charge in [0.05, 0.1) is 18.0 Å². The van der Waals surface area contributed by atoms with Crippen LogP contribution in [0.2, 0.25) is 0 Å². The second-order valence-corrected chi connectivity index (χ2v) is 13.9. The topological polar surface area (TPSA) is 124 Å². The van der Waals surface area contributed by atoms with Crippen molar-refractivity contribution in [3.8, 4) is 11.5 Å². The molecule has 0 saturated heterocycles. The Bertz CT molecular complexity index is 1840. The van der Waals surface area contributed by atoms with Crippen LogP contribution in [-0.4, -0.2) is 48.2 Å². The fourth-order valence-electron chi connectivity index (χ4n) is 6.05. The Hall–Kier alpha value is -4.74. The number of halogens is 1. The van der Waals surface area contributed by atoms with Crippen LogP contribution in [0.5, 0.6) is 11.5 Å². The Balaban J connectivity index is 1.51. The van der Waals surface area contributed by atoms with Gasteiger partial charge in [-0.1, -0.05) is 79.4 Å². The molecule has 1 fully saturated rings. The van der Waals surface area contributed by atoms with E-state index >= 15 is 0 Å². The number of carboxylic acids is 1. The summed E-state index contributed by atoms with van der Waals surface area (Å²) in [5.41, 5.74) is 3.04. The minimum atomic E-state index is -4.27. The van der Waals surface area contributed by atoms with E-state index in [2.05, 4.69) is 12.1 Å². The zero-order chi connectivity index (χ0) is 34.3. The average molecular weight is 675 g/mol. The largest absolute Gasteiger partial charge is 0.507 e. The Labute approximate surface area is 280 Å². The van der Waals surface area contributed by atoms with E-state index in [1.807, 2.05) is 19.1 Å². The molecule has 4 aromatic rings. The number of aromatic hydroxyl groups is 1. The van der Waals surface area contributed by atoms with Crippen LogP contribution >= 0.6 is 0 Å². The highest BCUT2D eigenvalue weighted by Gasteiger charge is 2.31. The fourth-order valence-corrected chi connectivity index (χ4v) is 7.42. The standard InChI is InChI=1S/C37H39FN2O7S/c1-26-11-18-32(19-12-26)48(45,46)39(23-30-9-5-6-10-35(30)47-25-38)24-36(42)40(31-17-20-33(37(43)44)34(41)21-31)22-27-13-15-29(16-14-27)28-7-3-2-4-8-28/h5-6,9-21,28,41H,2-4,7-8,22-25H2,1H3,(H,43,44). The van der Waals surface area contributed by atoms with Crippen LogP contribution in [0.4, 0.5) is 10.1 Å². The molecule has 11 heteroatoms. The van der Waals surface area contributed by atoms with Gasteiger partial charge >= 0.3 is 5.97 Å². The molecular weight excluding hydrogens is 635 g/mol. The van der Waals surface area contributed by atoms with Gasteiger partial charge in [0.25, 0.3) is 0 Å². The summed E-state index contributed by atoms with van der Waals surface area (Å²) in [6.45, 7) is -0.195. The van der Waals surface area contributed by atoms with Gasteiger partial charge < -0.3 is 19.8 Å². The first-order chi connectivity index (χ1) is 23.1. The maximum atomic E-state index is 14.3. The van der Waals surface area contributed by atoms with Gasteiger partial charge in [-0.2, -0.15) is 4.31 Å². The molecule has 0 unspecified atom stereocenters. The van der Waals surface area contributed by atoms with E-state index in [0.29, 0.717) is 11.5 Å². The Kier molecular flexibility index (Phi) is 11.1. The SMILES string of the molecule is Cc1ccc(S(=O)(=O)N(CC(=O)N(Cc2ccc(C3CCCCC3)cc2)c2ccc(C(=O)O)c(O)c2)Cc2ccccc2OCF)cc1. The van der Waals surface area contributed by atoms with Gasteiger partial charge in [0.1, 0.15) is 17.1 Å². The van der Waals surface area contributed by atoms with Crippen molar-refractivity contribution in [1.29, 1.82) is 0 Å². The summed E-state index contributed by atoms with van der Waals surface area (Å²) in [7, 11) is -4.27. The van der Waals surface area contributed by atoms with Crippen molar-refractivity contribution < 1.29 is 37.3 Å². The van der Waals surface area contributed by atoms with E-state index in [0.717, 1.165) is 28.3 Å². The molecule has 0 heterocycles. The molecule has 0 aliphatic heterocycles. The summed E-state index contributed by atoms with van der Waals surface area (Å²) >= 11 is 0. The molecule has 1 saturated carbocycles. The molecule has 1 aliphatic rings. The van der Waals surface area contributed by atoms with Gasteiger partial charge in [0.15, 0.2) is 0 Å². The van der Waals surface area contributed by atoms with Crippen molar-refractivity contribution in [2.45, 2.75) is 62.9 Å². The lowest BCUT2D eigenvalue weighted by atomic mass is 9.84. The van der Waals surface area contributed by atoms with Gasteiger partial charge in [-0.25, -0.2) is 17.6 Å². The van der Waals surface area contributed by atoms with Gasteiger partial charge in [0, 0.05) is 23.9 Å². The predicted octanol–water partition coefficient (Wildman–Crippen LogP) is 7.18. The Morgan fingerprint density at radius 3 is 2.23 bits per heavy atom. The van der Waals surface area contributed by atoms with Crippen LogP contribution < -0.4 is 9.64 Å². The second kappa shape index (κ2) is 15.4. The molecule has 9 nitrogen and oxygen atoms in total. The number of amides is 1. The Morgan fingerprint density at radius 2 is 1.58 bits per heavy atom. The van der Waals surface area contributed by atoms with Crippen molar-refractivity contribution in [2.24, 2.45) is 0 Å². The average Bonchev–Trinajstić information content (AvgIpc) is 3.08. The number of alkyl halides is 1. The number of aromatic carboxylic acids is 1. The number of rotatable bonds is 13. The van der Waals surface area contributed by atoms with Crippen molar-refractivity contribution in [3.63, 3.8) is 0 Å². The minimum absolute atomic E-state index is 0.0234. The molecule has 4 aromatic carbocycles. The summed E-state index contributed by atoms with van der Waals surface area (Å²) in [5.74, 6) is -1.88. The molecule has 1 amide bonds. The summed E-state index contributed by atoms with van der Waals surface area (Å²) in [4.78, 5) is 27.2. The van der Waals surface area contributed by atoms with Gasteiger partial charge in [-0.15, -0.1) is 0 Å². The summed E-state index contributed by atoms with van der Waals surface area (Å²) < 4.78 is 47.5. The smallest absolute Gasteiger partial charge is 0.339 e. The fraction of sp³-hybridized carbons (Fsp3) is 0.297. The Morgan fingerprint density at radius 1 is 0.896 bits per heavy atom. The predicted molar refractivity (Wildman–Crippen MR) is 180 cm³/mol. The summed E-state index contributed by atoms with van der Waals surface area (Å²) in [5, 5.41) is 20.0.